The Bertz CT molecular complexity index is 465. The molecule has 0 aliphatic carbocycles. The molecule has 20 heavy (non-hydrogen) atoms. The van der Waals surface area contributed by atoms with Gasteiger partial charge < -0.3 is 10.6 Å². The lowest BCUT2D eigenvalue weighted by Gasteiger charge is -2.24. The number of rotatable bonds is 3. The van der Waals surface area contributed by atoms with Crippen molar-refractivity contribution in [3.8, 4) is 0 Å². The van der Waals surface area contributed by atoms with Crippen molar-refractivity contribution in [2.75, 3.05) is 31.5 Å². The van der Waals surface area contributed by atoms with Gasteiger partial charge in [-0.25, -0.2) is 4.98 Å². The zero-order valence-corrected chi connectivity index (χ0v) is 12.9. The van der Waals surface area contributed by atoms with Crippen molar-refractivity contribution in [2.45, 2.75) is 18.9 Å². The van der Waals surface area contributed by atoms with Gasteiger partial charge in [-0.05, 0) is 53.4 Å². The van der Waals surface area contributed by atoms with E-state index >= 15 is 0 Å². The average molecular weight is 339 g/mol. The minimum Gasteiger partial charge on any atom is -0.312 e. The molecule has 6 heteroatoms. The van der Waals surface area contributed by atoms with Crippen molar-refractivity contribution in [2.24, 2.45) is 5.92 Å². The monoisotopic (exact) mass is 338 g/mol. The lowest BCUT2D eigenvalue weighted by Crippen LogP contribution is -2.41. The fraction of sp³-hybridized carbons (Fsp3) is 0.571. The first-order chi connectivity index (χ1) is 9.70. The SMILES string of the molecule is O=C(CN1CC2CCCNC2C1)Nc1ccc(Br)cn1. The largest absolute Gasteiger partial charge is 0.312 e. The first-order valence-electron chi connectivity index (χ1n) is 7.08. The van der Waals surface area contributed by atoms with E-state index in [1.807, 2.05) is 6.07 Å². The number of likely N-dealkylation sites (tertiary alicyclic amines) is 1. The van der Waals surface area contributed by atoms with Gasteiger partial charge in [0.15, 0.2) is 0 Å². The van der Waals surface area contributed by atoms with Crippen molar-refractivity contribution in [3.05, 3.63) is 22.8 Å². The molecule has 2 N–H and O–H groups in total. The van der Waals surface area contributed by atoms with Crippen molar-refractivity contribution in [1.82, 2.24) is 15.2 Å². The molecule has 1 amide bonds. The molecular weight excluding hydrogens is 320 g/mol. The highest BCUT2D eigenvalue weighted by Crippen LogP contribution is 2.24. The van der Waals surface area contributed by atoms with Gasteiger partial charge in [-0.15, -0.1) is 0 Å². The van der Waals surface area contributed by atoms with Gasteiger partial charge >= 0.3 is 0 Å². The summed E-state index contributed by atoms with van der Waals surface area (Å²) < 4.78 is 0.908. The third-order valence-corrected chi connectivity index (χ3v) is 4.51. The number of fused-ring (bicyclic) bond motifs is 1. The van der Waals surface area contributed by atoms with Crippen molar-refractivity contribution in [3.63, 3.8) is 0 Å². The lowest BCUT2D eigenvalue weighted by molar-refractivity contribution is -0.117. The number of aromatic nitrogens is 1. The summed E-state index contributed by atoms with van der Waals surface area (Å²) in [6.45, 7) is 3.57. The molecule has 2 aliphatic rings. The molecule has 0 saturated carbocycles. The molecule has 3 rings (SSSR count). The van der Waals surface area contributed by atoms with Crippen LogP contribution < -0.4 is 10.6 Å². The van der Waals surface area contributed by atoms with E-state index in [0.29, 0.717) is 24.3 Å². The Kier molecular flexibility index (Phi) is 4.33. The molecule has 2 aliphatic heterocycles. The highest BCUT2D eigenvalue weighted by Gasteiger charge is 2.34. The van der Waals surface area contributed by atoms with Crippen LogP contribution in [-0.4, -0.2) is 48.0 Å². The van der Waals surface area contributed by atoms with E-state index < -0.39 is 0 Å². The fourth-order valence-corrected chi connectivity index (χ4v) is 3.33. The standard InChI is InChI=1S/C14H19BrN4O/c15-11-3-4-13(17-6-11)18-14(20)9-19-7-10-2-1-5-16-12(10)8-19/h3-4,6,10,12,16H,1-2,5,7-9H2,(H,17,18,20). The fourth-order valence-electron chi connectivity index (χ4n) is 3.10. The number of carbonyl (C=O) groups excluding carboxylic acids is 1. The lowest BCUT2D eigenvalue weighted by atomic mass is 9.94. The predicted octanol–water partition coefficient (Wildman–Crippen LogP) is 1.47. The van der Waals surface area contributed by atoms with Gasteiger partial charge in [-0.2, -0.15) is 0 Å². The Morgan fingerprint density at radius 3 is 3.15 bits per heavy atom. The molecule has 5 nitrogen and oxygen atoms in total. The maximum Gasteiger partial charge on any atom is 0.239 e. The Hall–Kier alpha value is -0.980. The molecule has 2 fully saturated rings. The van der Waals surface area contributed by atoms with Crippen LogP contribution in [0.3, 0.4) is 0 Å². The molecule has 3 heterocycles. The zero-order chi connectivity index (χ0) is 13.9. The third kappa shape index (κ3) is 3.37. The van der Waals surface area contributed by atoms with E-state index in [1.54, 1.807) is 12.3 Å². The van der Waals surface area contributed by atoms with Crippen LogP contribution in [0.1, 0.15) is 12.8 Å². The van der Waals surface area contributed by atoms with Crippen molar-refractivity contribution >= 4 is 27.7 Å². The Morgan fingerprint density at radius 1 is 1.50 bits per heavy atom. The summed E-state index contributed by atoms with van der Waals surface area (Å²) in [5.41, 5.74) is 0. The molecule has 2 unspecified atom stereocenters. The highest BCUT2D eigenvalue weighted by molar-refractivity contribution is 9.10. The van der Waals surface area contributed by atoms with Gasteiger partial charge in [0.25, 0.3) is 0 Å². The second kappa shape index (κ2) is 6.20. The zero-order valence-electron chi connectivity index (χ0n) is 11.3. The summed E-state index contributed by atoms with van der Waals surface area (Å²) >= 11 is 3.33. The number of hydrogen-bond donors (Lipinski definition) is 2. The van der Waals surface area contributed by atoms with Gasteiger partial charge in [0, 0.05) is 29.8 Å². The van der Waals surface area contributed by atoms with Gasteiger partial charge in [0.05, 0.1) is 6.54 Å². The van der Waals surface area contributed by atoms with Crippen molar-refractivity contribution in [1.29, 1.82) is 0 Å². The van der Waals surface area contributed by atoms with Gasteiger partial charge in [0.1, 0.15) is 5.82 Å². The molecule has 1 aromatic heterocycles. The van der Waals surface area contributed by atoms with Gasteiger partial charge in [0.2, 0.25) is 5.91 Å². The number of hydrogen-bond acceptors (Lipinski definition) is 4. The number of nitrogens with zero attached hydrogens (tertiary/aromatic N) is 2. The second-order valence-corrected chi connectivity index (χ2v) is 6.48. The van der Waals surface area contributed by atoms with Crippen molar-refractivity contribution < 1.29 is 4.79 Å². The van der Waals surface area contributed by atoms with Gasteiger partial charge in [-0.1, -0.05) is 0 Å². The van der Waals surface area contributed by atoms with E-state index in [-0.39, 0.29) is 5.91 Å². The van der Waals surface area contributed by atoms with E-state index in [1.165, 1.54) is 12.8 Å². The number of carbonyl (C=O) groups is 1. The van der Waals surface area contributed by atoms with Crippen LogP contribution in [0.15, 0.2) is 22.8 Å². The smallest absolute Gasteiger partial charge is 0.239 e. The van der Waals surface area contributed by atoms with Gasteiger partial charge in [-0.3, -0.25) is 9.69 Å². The predicted molar refractivity (Wildman–Crippen MR) is 81.5 cm³/mol. The Balaban J connectivity index is 1.50. The number of piperidine rings is 1. The molecule has 0 bridgehead atoms. The van der Waals surface area contributed by atoms with Crippen LogP contribution in [-0.2, 0) is 4.79 Å². The van der Waals surface area contributed by atoms with E-state index in [9.17, 15) is 4.79 Å². The number of anilines is 1. The van der Waals surface area contributed by atoms with Crippen LogP contribution in [0.2, 0.25) is 0 Å². The number of pyridine rings is 1. The first kappa shape index (κ1) is 14.0. The summed E-state index contributed by atoms with van der Waals surface area (Å²) in [6.07, 6.45) is 4.22. The van der Waals surface area contributed by atoms with Crippen LogP contribution in [0.25, 0.3) is 0 Å². The minimum atomic E-state index is 0.0125. The molecule has 1 aromatic rings. The van der Waals surface area contributed by atoms with Crippen LogP contribution in [0.4, 0.5) is 5.82 Å². The van der Waals surface area contributed by atoms with Crippen LogP contribution in [0, 0.1) is 5.92 Å². The quantitative estimate of drug-likeness (QED) is 0.876. The Labute approximate surface area is 127 Å². The summed E-state index contributed by atoms with van der Waals surface area (Å²) in [6, 6.07) is 4.24. The van der Waals surface area contributed by atoms with Crippen LogP contribution >= 0.6 is 15.9 Å². The molecular formula is C14H19BrN4O. The van der Waals surface area contributed by atoms with E-state index in [4.69, 9.17) is 0 Å². The summed E-state index contributed by atoms with van der Waals surface area (Å²) in [5, 5.41) is 6.39. The molecule has 2 atom stereocenters. The molecule has 108 valence electrons. The van der Waals surface area contributed by atoms with E-state index in [0.717, 1.165) is 24.1 Å². The maximum atomic E-state index is 12.0. The summed E-state index contributed by atoms with van der Waals surface area (Å²) in [5.74, 6) is 1.33. The normalized spacial score (nSPS) is 26.2. The Morgan fingerprint density at radius 2 is 2.40 bits per heavy atom. The first-order valence-corrected chi connectivity index (χ1v) is 7.87. The maximum absolute atomic E-state index is 12.0. The number of halogens is 1. The molecule has 0 radical (unpaired) electrons. The second-order valence-electron chi connectivity index (χ2n) is 5.57. The summed E-state index contributed by atoms with van der Waals surface area (Å²) in [7, 11) is 0. The number of nitrogens with one attached hydrogen (secondary N) is 2. The van der Waals surface area contributed by atoms with E-state index in [2.05, 4.69) is 36.4 Å². The highest BCUT2D eigenvalue weighted by atomic mass is 79.9. The third-order valence-electron chi connectivity index (χ3n) is 4.04. The minimum absolute atomic E-state index is 0.0125. The number of amides is 1. The topological polar surface area (TPSA) is 57.3 Å². The summed E-state index contributed by atoms with van der Waals surface area (Å²) in [4.78, 5) is 18.4. The van der Waals surface area contributed by atoms with Crippen LogP contribution in [0.5, 0.6) is 0 Å². The average Bonchev–Trinajstić information content (AvgIpc) is 2.83. The molecule has 0 aromatic carbocycles. The molecule has 0 spiro atoms. The molecule has 2 saturated heterocycles.